The van der Waals surface area contributed by atoms with Crippen LogP contribution >= 0.6 is 45.1 Å². The molecule has 0 aromatic rings. The molecule has 0 bridgehead atoms. The lowest BCUT2D eigenvalue weighted by Gasteiger charge is -1.96. The molecule has 0 aliphatic carbocycles. The Kier molecular flexibility index (Phi) is 8.17. The first kappa shape index (κ1) is 10.1. The summed E-state index contributed by atoms with van der Waals surface area (Å²) < 4.78 is 1.38. The first-order chi connectivity index (χ1) is 4.35. The second-order valence-corrected chi connectivity index (χ2v) is 5.38. The zero-order valence-electron chi connectivity index (χ0n) is 5.71. The van der Waals surface area contributed by atoms with Gasteiger partial charge in [0.2, 0.25) is 0 Å². The summed E-state index contributed by atoms with van der Waals surface area (Å²) in [6.07, 6.45) is 6.28. The monoisotopic (exact) mass is 198 g/mol. The van der Waals surface area contributed by atoms with Gasteiger partial charge in [-0.2, -0.15) is 0 Å². The summed E-state index contributed by atoms with van der Waals surface area (Å²) in [6, 6.07) is 0. The molecule has 0 aromatic carbocycles. The van der Waals surface area contributed by atoms with Crippen LogP contribution in [0.5, 0.6) is 0 Å². The highest BCUT2D eigenvalue weighted by Gasteiger charge is 1.91. The van der Waals surface area contributed by atoms with Crippen molar-refractivity contribution in [2.24, 2.45) is 0 Å². The van der Waals surface area contributed by atoms with Gasteiger partial charge in [-0.15, -0.1) is 23.5 Å². The largest absolute Gasteiger partial charge is 0.136 e. The minimum Gasteiger partial charge on any atom is -0.136 e. The number of hydrogen-bond donors (Lipinski definition) is 0. The van der Waals surface area contributed by atoms with Gasteiger partial charge < -0.3 is 0 Å². The lowest BCUT2D eigenvalue weighted by Crippen LogP contribution is -1.59. The molecule has 0 unspecified atom stereocenters. The maximum atomic E-state index is 2.17. The molecule has 0 aliphatic rings. The van der Waals surface area contributed by atoms with Crippen LogP contribution in [0.4, 0.5) is 0 Å². The topological polar surface area (TPSA) is 0 Å². The smallest absolute Gasteiger partial charge is 0.0570 e. The van der Waals surface area contributed by atoms with Crippen LogP contribution in [0.15, 0.2) is 9.65 Å². The van der Waals surface area contributed by atoms with Crippen LogP contribution in [0, 0.1) is 0 Å². The Labute approximate surface area is 73.4 Å². The van der Waals surface area contributed by atoms with Crippen molar-refractivity contribution in [3.63, 3.8) is 0 Å². The Morgan fingerprint density at radius 3 is 2.22 bits per heavy atom. The molecule has 0 fully saturated rings. The molecule has 54 valence electrons. The average molecular weight is 198 g/mol. The molecule has 0 rings (SSSR count). The highest BCUT2D eigenvalue weighted by molar-refractivity contribution is 8.79. The van der Waals surface area contributed by atoms with Crippen LogP contribution in [0.3, 0.4) is 0 Å². The van der Waals surface area contributed by atoms with Crippen LogP contribution in [-0.2, 0) is 0 Å². The van der Waals surface area contributed by atoms with Gasteiger partial charge in [0.15, 0.2) is 0 Å². The van der Waals surface area contributed by atoms with E-state index in [1.165, 1.54) is 4.24 Å². The number of rotatable bonds is 4. The second kappa shape index (κ2) is 7.25. The molecule has 0 aliphatic heterocycles. The lowest BCUT2D eigenvalue weighted by atomic mass is 11.2. The van der Waals surface area contributed by atoms with Gasteiger partial charge in [0.1, 0.15) is 0 Å². The Balaban J connectivity index is 3.53. The van der Waals surface area contributed by atoms with E-state index < -0.39 is 0 Å². The summed E-state index contributed by atoms with van der Waals surface area (Å²) in [5.74, 6) is 0. The van der Waals surface area contributed by atoms with Gasteiger partial charge in [0, 0.05) is 0 Å². The van der Waals surface area contributed by atoms with E-state index >= 15 is 0 Å². The van der Waals surface area contributed by atoms with Gasteiger partial charge in [-0.3, -0.25) is 0 Å². The summed E-state index contributed by atoms with van der Waals surface area (Å²) in [5, 5.41) is 2.17. The predicted molar refractivity (Wildman–Crippen MR) is 56.2 cm³/mol. The zero-order chi connectivity index (χ0) is 7.11. The Morgan fingerprint density at radius 1 is 1.22 bits per heavy atom. The van der Waals surface area contributed by atoms with Gasteiger partial charge in [-0.05, 0) is 24.2 Å². The van der Waals surface area contributed by atoms with Crippen molar-refractivity contribution in [3.05, 3.63) is 9.65 Å². The Hall–Kier alpha value is 1.14. The summed E-state index contributed by atoms with van der Waals surface area (Å²) in [4.78, 5) is 0. The van der Waals surface area contributed by atoms with Crippen molar-refractivity contribution in [2.75, 3.05) is 18.8 Å². The second-order valence-electron chi connectivity index (χ2n) is 1.13. The normalized spacial score (nSPS) is 12.1. The quantitative estimate of drug-likeness (QED) is 0.634. The van der Waals surface area contributed by atoms with Crippen molar-refractivity contribution in [1.82, 2.24) is 0 Å². The summed E-state index contributed by atoms with van der Waals surface area (Å²) in [6.45, 7) is 0. The molecule has 0 radical (unpaired) electrons. The molecule has 0 amide bonds. The minimum atomic E-state index is 1.38. The third-order valence-corrected chi connectivity index (χ3v) is 4.42. The molecule has 0 aromatic heterocycles. The van der Waals surface area contributed by atoms with E-state index in [4.69, 9.17) is 0 Å². The van der Waals surface area contributed by atoms with Gasteiger partial charge in [0.05, 0.1) is 4.24 Å². The molecule has 0 saturated carbocycles. The van der Waals surface area contributed by atoms with E-state index in [9.17, 15) is 0 Å². The molecule has 0 saturated heterocycles. The van der Waals surface area contributed by atoms with Crippen LogP contribution < -0.4 is 0 Å². The lowest BCUT2D eigenvalue weighted by molar-refractivity contribution is 2.34. The van der Waals surface area contributed by atoms with Crippen molar-refractivity contribution in [1.29, 1.82) is 0 Å². The van der Waals surface area contributed by atoms with Crippen LogP contribution in [0.25, 0.3) is 0 Å². The SMILES string of the molecule is CS/C=C(\SC)SSC. The van der Waals surface area contributed by atoms with Gasteiger partial charge in [0.25, 0.3) is 0 Å². The van der Waals surface area contributed by atoms with E-state index in [0.717, 1.165) is 0 Å². The third-order valence-electron chi connectivity index (χ3n) is 0.581. The minimum absolute atomic E-state index is 1.38. The molecule has 0 spiro atoms. The van der Waals surface area contributed by atoms with Crippen LogP contribution in [-0.4, -0.2) is 18.8 Å². The third kappa shape index (κ3) is 5.58. The summed E-state index contributed by atoms with van der Waals surface area (Å²) >= 11 is 3.56. The highest BCUT2D eigenvalue weighted by Crippen LogP contribution is 2.35. The van der Waals surface area contributed by atoms with Crippen molar-refractivity contribution >= 4 is 45.1 Å². The van der Waals surface area contributed by atoms with Gasteiger partial charge in [-0.25, -0.2) is 0 Å². The zero-order valence-corrected chi connectivity index (χ0v) is 8.98. The fourth-order valence-electron chi connectivity index (χ4n) is 0.280. The van der Waals surface area contributed by atoms with Crippen molar-refractivity contribution in [2.45, 2.75) is 0 Å². The summed E-state index contributed by atoms with van der Waals surface area (Å²) in [7, 11) is 3.61. The van der Waals surface area contributed by atoms with Crippen LogP contribution in [0.1, 0.15) is 0 Å². The standard InChI is InChI=1S/C5H10S4/c1-6-4-5(7-2)9-8-3/h4H,1-3H3/b5-4+. The predicted octanol–water partition coefficient (Wildman–Crippen LogP) is 3.52. The molecule has 4 heteroatoms. The Bertz CT molecular complexity index is 89.0. The summed E-state index contributed by atoms with van der Waals surface area (Å²) in [5.41, 5.74) is 0. The molecule has 9 heavy (non-hydrogen) atoms. The molecule has 0 atom stereocenters. The first-order valence-corrected chi connectivity index (χ1v) is 7.39. The fourth-order valence-corrected chi connectivity index (χ4v) is 4.10. The maximum absolute atomic E-state index is 2.17. The van der Waals surface area contributed by atoms with E-state index in [1.807, 2.05) is 10.8 Å². The van der Waals surface area contributed by atoms with E-state index in [0.29, 0.717) is 0 Å². The molecule has 0 heterocycles. The molecular weight excluding hydrogens is 188 g/mol. The van der Waals surface area contributed by atoms with Crippen LogP contribution in [0.2, 0.25) is 0 Å². The number of thioether (sulfide) groups is 2. The van der Waals surface area contributed by atoms with Crippen molar-refractivity contribution in [3.8, 4) is 0 Å². The van der Waals surface area contributed by atoms with Gasteiger partial charge >= 0.3 is 0 Å². The van der Waals surface area contributed by atoms with Gasteiger partial charge in [-0.1, -0.05) is 21.6 Å². The first-order valence-electron chi connectivity index (χ1n) is 2.32. The van der Waals surface area contributed by atoms with E-state index in [2.05, 4.69) is 24.2 Å². The average Bonchev–Trinajstić information content (AvgIpc) is 1.88. The molecule has 0 N–H and O–H groups in total. The van der Waals surface area contributed by atoms with Crippen molar-refractivity contribution < 1.29 is 0 Å². The van der Waals surface area contributed by atoms with E-state index in [-0.39, 0.29) is 0 Å². The number of hydrogen-bond acceptors (Lipinski definition) is 4. The molecule has 0 nitrogen and oxygen atoms in total. The Morgan fingerprint density at radius 2 is 1.89 bits per heavy atom. The van der Waals surface area contributed by atoms with E-state index in [1.54, 1.807) is 34.3 Å². The maximum Gasteiger partial charge on any atom is 0.0570 e. The fraction of sp³-hybridized carbons (Fsp3) is 0.600. The highest BCUT2D eigenvalue weighted by atomic mass is 33.1. The molecular formula is C5H10S4.